The minimum absolute atomic E-state index is 0.507. The normalized spacial score (nSPS) is 10.6. The predicted molar refractivity (Wildman–Crippen MR) is 63.4 cm³/mol. The molecule has 0 spiro atoms. The first kappa shape index (κ1) is 11.8. The second kappa shape index (κ2) is 6.12. The minimum Gasteiger partial charge on any atom is -0.382 e. The van der Waals surface area contributed by atoms with E-state index in [1.54, 1.807) is 13.3 Å². The molecular formula is C12H15N3O2. The van der Waals surface area contributed by atoms with Gasteiger partial charge >= 0.3 is 0 Å². The maximum absolute atomic E-state index is 5.38. The number of nitrogens with zero attached hydrogens (tertiary/aromatic N) is 2. The summed E-state index contributed by atoms with van der Waals surface area (Å²) in [5.74, 6) is 0. The smallest absolute Gasteiger partial charge is 0.0889 e. The molecule has 0 bridgehead atoms. The van der Waals surface area contributed by atoms with Crippen molar-refractivity contribution in [1.82, 2.24) is 15.2 Å². The Morgan fingerprint density at radius 2 is 2.18 bits per heavy atom. The number of H-pyrrole nitrogens is 1. The number of aromatic nitrogens is 3. The van der Waals surface area contributed by atoms with E-state index in [4.69, 9.17) is 9.47 Å². The molecule has 90 valence electrons. The van der Waals surface area contributed by atoms with Gasteiger partial charge in [0.05, 0.1) is 31.2 Å². The van der Waals surface area contributed by atoms with Crippen molar-refractivity contribution in [2.45, 2.75) is 6.61 Å². The Morgan fingerprint density at radius 1 is 1.24 bits per heavy atom. The van der Waals surface area contributed by atoms with Gasteiger partial charge in [-0.3, -0.25) is 10.1 Å². The third-order valence-electron chi connectivity index (χ3n) is 2.32. The molecule has 0 aromatic carbocycles. The molecule has 0 saturated carbocycles. The van der Waals surface area contributed by atoms with Gasteiger partial charge in [0.25, 0.3) is 0 Å². The maximum atomic E-state index is 5.38. The molecule has 0 atom stereocenters. The van der Waals surface area contributed by atoms with Crippen molar-refractivity contribution in [2.75, 3.05) is 20.3 Å². The molecule has 0 amide bonds. The van der Waals surface area contributed by atoms with Crippen molar-refractivity contribution in [2.24, 2.45) is 0 Å². The van der Waals surface area contributed by atoms with E-state index in [0.717, 1.165) is 17.0 Å². The van der Waals surface area contributed by atoms with Gasteiger partial charge in [0, 0.05) is 25.1 Å². The van der Waals surface area contributed by atoms with Crippen molar-refractivity contribution in [3.63, 3.8) is 0 Å². The number of methoxy groups -OCH3 is 1. The fraction of sp³-hybridized carbons (Fsp3) is 0.333. The van der Waals surface area contributed by atoms with Crippen LogP contribution >= 0.6 is 0 Å². The fourth-order valence-corrected chi connectivity index (χ4v) is 1.40. The van der Waals surface area contributed by atoms with Crippen LogP contribution in [0.3, 0.4) is 0 Å². The molecule has 1 N–H and O–H groups in total. The highest BCUT2D eigenvalue weighted by Crippen LogP contribution is 2.14. The Kier molecular flexibility index (Phi) is 4.23. The number of rotatable bonds is 6. The topological polar surface area (TPSA) is 60.0 Å². The summed E-state index contributed by atoms with van der Waals surface area (Å²) in [5, 5.41) is 6.79. The molecule has 0 unspecified atom stereocenters. The van der Waals surface area contributed by atoms with Crippen LogP contribution < -0.4 is 0 Å². The largest absolute Gasteiger partial charge is 0.382 e. The molecule has 2 aromatic heterocycles. The highest BCUT2D eigenvalue weighted by atomic mass is 16.5. The SMILES string of the molecule is COCCOCc1ccc(-c2ccn[nH]2)cn1. The Balaban J connectivity index is 1.90. The molecular weight excluding hydrogens is 218 g/mol. The second-order valence-electron chi connectivity index (χ2n) is 3.55. The number of pyridine rings is 1. The van der Waals surface area contributed by atoms with Gasteiger partial charge in [0.1, 0.15) is 0 Å². The van der Waals surface area contributed by atoms with Crippen LogP contribution in [0, 0.1) is 0 Å². The van der Waals surface area contributed by atoms with Gasteiger partial charge in [-0.25, -0.2) is 0 Å². The van der Waals surface area contributed by atoms with Gasteiger partial charge in [-0.2, -0.15) is 5.10 Å². The van der Waals surface area contributed by atoms with Crippen LogP contribution in [0.5, 0.6) is 0 Å². The van der Waals surface area contributed by atoms with Crippen LogP contribution in [0.25, 0.3) is 11.3 Å². The molecule has 17 heavy (non-hydrogen) atoms. The van der Waals surface area contributed by atoms with E-state index in [1.807, 2.05) is 24.4 Å². The fourth-order valence-electron chi connectivity index (χ4n) is 1.40. The highest BCUT2D eigenvalue weighted by molar-refractivity contribution is 5.56. The van der Waals surface area contributed by atoms with Crippen LogP contribution in [-0.2, 0) is 16.1 Å². The van der Waals surface area contributed by atoms with Crippen LogP contribution in [-0.4, -0.2) is 35.5 Å². The Hall–Kier alpha value is -1.72. The highest BCUT2D eigenvalue weighted by Gasteiger charge is 2.00. The molecule has 2 heterocycles. The summed E-state index contributed by atoms with van der Waals surface area (Å²) in [4.78, 5) is 4.32. The Morgan fingerprint density at radius 3 is 2.82 bits per heavy atom. The monoisotopic (exact) mass is 233 g/mol. The lowest BCUT2D eigenvalue weighted by molar-refractivity contribution is 0.0602. The number of nitrogens with one attached hydrogen (secondary N) is 1. The molecule has 5 nitrogen and oxygen atoms in total. The number of hydrogen-bond donors (Lipinski definition) is 1. The first-order valence-electron chi connectivity index (χ1n) is 5.41. The lowest BCUT2D eigenvalue weighted by Gasteiger charge is -2.03. The second-order valence-corrected chi connectivity index (χ2v) is 3.55. The molecule has 0 fully saturated rings. The van der Waals surface area contributed by atoms with Gasteiger partial charge in [-0.15, -0.1) is 0 Å². The van der Waals surface area contributed by atoms with E-state index in [2.05, 4.69) is 15.2 Å². The number of hydrogen-bond acceptors (Lipinski definition) is 4. The summed E-state index contributed by atoms with van der Waals surface area (Å²) < 4.78 is 10.3. The zero-order valence-corrected chi connectivity index (χ0v) is 9.72. The minimum atomic E-state index is 0.507. The third-order valence-corrected chi connectivity index (χ3v) is 2.32. The molecule has 2 aromatic rings. The molecule has 0 saturated heterocycles. The molecule has 0 aliphatic rings. The average molecular weight is 233 g/mol. The van der Waals surface area contributed by atoms with E-state index >= 15 is 0 Å². The maximum Gasteiger partial charge on any atom is 0.0889 e. The van der Waals surface area contributed by atoms with E-state index in [9.17, 15) is 0 Å². The first-order chi connectivity index (χ1) is 8.40. The van der Waals surface area contributed by atoms with Gasteiger partial charge in [0.15, 0.2) is 0 Å². The van der Waals surface area contributed by atoms with E-state index in [0.29, 0.717) is 19.8 Å². The summed E-state index contributed by atoms with van der Waals surface area (Å²) in [5.41, 5.74) is 2.89. The van der Waals surface area contributed by atoms with Crippen molar-refractivity contribution in [1.29, 1.82) is 0 Å². The van der Waals surface area contributed by atoms with Gasteiger partial charge in [-0.05, 0) is 18.2 Å². The molecule has 5 heteroatoms. The van der Waals surface area contributed by atoms with Gasteiger partial charge in [-0.1, -0.05) is 0 Å². The van der Waals surface area contributed by atoms with Crippen LogP contribution in [0.2, 0.25) is 0 Å². The van der Waals surface area contributed by atoms with Crippen molar-refractivity contribution >= 4 is 0 Å². The number of aromatic amines is 1. The van der Waals surface area contributed by atoms with Crippen LogP contribution in [0.4, 0.5) is 0 Å². The number of ether oxygens (including phenoxy) is 2. The van der Waals surface area contributed by atoms with E-state index in [-0.39, 0.29) is 0 Å². The van der Waals surface area contributed by atoms with Gasteiger partial charge < -0.3 is 9.47 Å². The average Bonchev–Trinajstić information content (AvgIpc) is 2.89. The van der Waals surface area contributed by atoms with Crippen LogP contribution in [0.1, 0.15) is 5.69 Å². The summed E-state index contributed by atoms with van der Waals surface area (Å²) in [7, 11) is 1.65. The van der Waals surface area contributed by atoms with Crippen molar-refractivity contribution in [3.8, 4) is 11.3 Å². The van der Waals surface area contributed by atoms with E-state index in [1.165, 1.54) is 0 Å². The summed E-state index contributed by atoms with van der Waals surface area (Å²) in [6.45, 7) is 1.69. The summed E-state index contributed by atoms with van der Waals surface area (Å²) in [6.07, 6.45) is 3.53. The predicted octanol–water partition coefficient (Wildman–Crippen LogP) is 1.63. The lowest BCUT2D eigenvalue weighted by Crippen LogP contribution is -2.02. The zero-order chi connectivity index (χ0) is 11.9. The summed E-state index contributed by atoms with van der Waals surface area (Å²) >= 11 is 0. The standard InChI is InChI=1S/C12H15N3O2/c1-16-6-7-17-9-11-3-2-10(8-13-11)12-4-5-14-15-12/h2-5,8H,6-7,9H2,1H3,(H,14,15). The Labute approximate surface area is 99.8 Å². The third kappa shape index (κ3) is 3.37. The lowest BCUT2D eigenvalue weighted by atomic mass is 10.2. The van der Waals surface area contributed by atoms with Crippen LogP contribution in [0.15, 0.2) is 30.6 Å². The zero-order valence-electron chi connectivity index (χ0n) is 9.72. The summed E-state index contributed by atoms with van der Waals surface area (Å²) in [6, 6.07) is 5.85. The molecule has 0 aliphatic heterocycles. The molecule has 2 rings (SSSR count). The van der Waals surface area contributed by atoms with Gasteiger partial charge in [0.2, 0.25) is 0 Å². The van der Waals surface area contributed by atoms with Crippen molar-refractivity contribution in [3.05, 3.63) is 36.3 Å². The molecule has 0 radical (unpaired) electrons. The van der Waals surface area contributed by atoms with E-state index < -0.39 is 0 Å². The van der Waals surface area contributed by atoms with Crippen molar-refractivity contribution < 1.29 is 9.47 Å². The quantitative estimate of drug-likeness (QED) is 0.770. The molecule has 0 aliphatic carbocycles. The Bertz CT molecular complexity index is 426. The first-order valence-corrected chi connectivity index (χ1v) is 5.41.